The van der Waals surface area contributed by atoms with Crippen LogP contribution in [0.4, 0.5) is 17.4 Å². The summed E-state index contributed by atoms with van der Waals surface area (Å²) in [4.78, 5) is 7.09. The molecule has 3 nitrogen and oxygen atoms in total. The van der Waals surface area contributed by atoms with E-state index >= 15 is 0 Å². The molecule has 4 heteroatoms. The van der Waals surface area contributed by atoms with Gasteiger partial charge in [0.25, 0.3) is 0 Å². The van der Waals surface area contributed by atoms with E-state index in [1.54, 1.807) is 0 Å². The second kappa shape index (κ2) is 8.83. The molecule has 0 spiro atoms. The molecule has 0 bridgehead atoms. The molecule has 0 saturated heterocycles. The van der Waals surface area contributed by atoms with Crippen LogP contribution in [0.1, 0.15) is 0 Å². The average Bonchev–Trinajstić information content (AvgIpc) is 3.60. The van der Waals surface area contributed by atoms with Crippen LogP contribution in [-0.4, -0.2) is 4.98 Å². The third-order valence-corrected chi connectivity index (χ3v) is 8.45. The van der Waals surface area contributed by atoms with Gasteiger partial charge in [-0.25, -0.2) is 0 Å². The summed E-state index contributed by atoms with van der Waals surface area (Å²) in [6.07, 6.45) is 0. The van der Waals surface area contributed by atoms with Crippen LogP contribution in [0.3, 0.4) is 0 Å². The van der Waals surface area contributed by atoms with Crippen LogP contribution in [0.2, 0.25) is 0 Å². The van der Waals surface area contributed by atoms with E-state index in [4.69, 9.17) is 9.40 Å². The van der Waals surface area contributed by atoms with Gasteiger partial charge >= 0.3 is 6.01 Å². The van der Waals surface area contributed by atoms with Crippen molar-refractivity contribution in [3.8, 4) is 11.1 Å². The lowest BCUT2D eigenvalue weighted by Gasteiger charge is -2.21. The molecule has 0 aliphatic heterocycles. The molecule has 39 heavy (non-hydrogen) atoms. The number of benzene rings is 6. The first-order valence-corrected chi connectivity index (χ1v) is 13.8. The Morgan fingerprint density at radius 1 is 0.564 bits per heavy atom. The largest absolute Gasteiger partial charge is 0.423 e. The van der Waals surface area contributed by atoms with Gasteiger partial charge in [-0.15, -0.1) is 11.3 Å². The van der Waals surface area contributed by atoms with E-state index in [9.17, 15) is 0 Å². The standard InChI is InChI=1S/C35H22N2OS/c1-2-10-25(11-3-1)37(35-36-34-28-12-5-4-9-23(28)19-22-30(34)38-35)26-20-17-24(18-21-26)27-14-8-16-32-33(27)29-13-6-7-15-31(29)39-32/h1-22H. The highest BCUT2D eigenvalue weighted by molar-refractivity contribution is 7.25. The molecule has 0 unspecified atom stereocenters. The third kappa shape index (κ3) is 3.61. The number of para-hydroxylation sites is 1. The summed E-state index contributed by atoms with van der Waals surface area (Å²) in [5, 5.41) is 4.86. The summed E-state index contributed by atoms with van der Waals surface area (Å²) in [5.74, 6) is 0. The quantitative estimate of drug-likeness (QED) is 0.232. The van der Waals surface area contributed by atoms with E-state index in [0.717, 1.165) is 33.2 Å². The lowest BCUT2D eigenvalue weighted by atomic mass is 9.99. The summed E-state index contributed by atoms with van der Waals surface area (Å²) in [6.45, 7) is 0. The SMILES string of the molecule is c1ccc(N(c2ccc(-c3cccc4sc5ccccc5c34)cc2)c2nc3c(ccc4ccccc43)o2)cc1. The molecule has 0 fully saturated rings. The van der Waals surface area contributed by atoms with Crippen LogP contribution in [-0.2, 0) is 0 Å². The Morgan fingerprint density at radius 2 is 1.28 bits per heavy atom. The minimum atomic E-state index is 0.547. The van der Waals surface area contributed by atoms with E-state index in [2.05, 4.69) is 102 Å². The highest BCUT2D eigenvalue weighted by atomic mass is 32.1. The summed E-state index contributed by atoms with van der Waals surface area (Å²) < 4.78 is 9.00. The first-order chi connectivity index (χ1) is 19.3. The van der Waals surface area contributed by atoms with Crippen LogP contribution in [0.25, 0.3) is 53.2 Å². The third-order valence-electron chi connectivity index (χ3n) is 7.32. The number of rotatable bonds is 4. The van der Waals surface area contributed by atoms with Crippen LogP contribution in [0, 0.1) is 0 Å². The Hall–Kier alpha value is -4.93. The fourth-order valence-electron chi connectivity index (χ4n) is 5.50. The Morgan fingerprint density at radius 3 is 2.15 bits per heavy atom. The molecule has 8 aromatic rings. The monoisotopic (exact) mass is 518 g/mol. The van der Waals surface area contributed by atoms with E-state index in [-0.39, 0.29) is 0 Å². The summed E-state index contributed by atoms with van der Waals surface area (Å²) in [7, 11) is 0. The number of oxazole rings is 1. The molecule has 0 radical (unpaired) electrons. The Balaban J connectivity index is 1.27. The van der Waals surface area contributed by atoms with Gasteiger partial charge in [-0.1, -0.05) is 91.0 Å². The zero-order valence-corrected chi connectivity index (χ0v) is 21.7. The second-order valence-corrected chi connectivity index (χ2v) is 10.7. The molecule has 0 atom stereocenters. The van der Waals surface area contributed by atoms with Gasteiger partial charge in [-0.05, 0) is 59.0 Å². The van der Waals surface area contributed by atoms with Gasteiger partial charge in [-0.2, -0.15) is 4.98 Å². The summed E-state index contributed by atoms with van der Waals surface area (Å²) >= 11 is 1.85. The van der Waals surface area contributed by atoms with Crippen molar-refractivity contribution in [3.63, 3.8) is 0 Å². The molecule has 184 valence electrons. The number of aromatic nitrogens is 1. The normalized spacial score (nSPS) is 11.6. The fourth-order valence-corrected chi connectivity index (χ4v) is 6.63. The zero-order chi connectivity index (χ0) is 25.8. The van der Waals surface area contributed by atoms with Crippen LogP contribution < -0.4 is 4.90 Å². The highest BCUT2D eigenvalue weighted by Gasteiger charge is 2.20. The molecule has 0 amide bonds. The molecule has 0 aliphatic rings. The van der Waals surface area contributed by atoms with E-state index in [1.807, 2.05) is 47.7 Å². The molecule has 0 N–H and O–H groups in total. The molecule has 2 heterocycles. The maximum absolute atomic E-state index is 6.37. The average molecular weight is 519 g/mol. The van der Waals surface area contributed by atoms with Crippen LogP contribution in [0.15, 0.2) is 138 Å². The zero-order valence-electron chi connectivity index (χ0n) is 20.9. The Labute approximate surface area is 229 Å². The summed E-state index contributed by atoms with van der Waals surface area (Å²) in [6, 6.07) is 47.2. The van der Waals surface area contributed by atoms with E-state index in [0.29, 0.717) is 6.01 Å². The Kier molecular flexibility index (Phi) is 5.00. The lowest BCUT2D eigenvalue weighted by molar-refractivity contribution is 0.608. The van der Waals surface area contributed by atoms with Gasteiger partial charge in [0.2, 0.25) is 0 Å². The summed E-state index contributed by atoms with van der Waals surface area (Å²) in [5.41, 5.74) is 6.06. The van der Waals surface area contributed by atoms with Crippen molar-refractivity contribution < 1.29 is 4.42 Å². The topological polar surface area (TPSA) is 29.3 Å². The van der Waals surface area contributed by atoms with Gasteiger partial charge in [0.15, 0.2) is 5.58 Å². The molecule has 8 rings (SSSR count). The second-order valence-electron chi connectivity index (χ2n) is 9.62. The number of hydrogen-bond donors (Lipinski definition) is 0. The smallest absolute Gasteiger partial charge is 0.307 e. The predicted molar refractivity (Wildman–Crippen MR) is 165 cm³/mol. The van der Waals surface area contributed by atoms with E-state index in [1.165, 1.54) is 31.3 Å². The minimum Gasteiger partial charge on any atom is -0.423 e. The predicted octanol–water partition coefficient (Wildman–Crippen LogP) is 10.5. The number of fused-ring (bicyclic) bond motifs is 6. The van der Waals surface area contributed by atoms with E-state index < -0.39 is 0 Å². The number of hydrogen-bond acceptors (Lipinski definition) is 4. The molecule has 6 aromatic carbocycles. The van der Waals surface area contributed by atoms with Crippen molar-refractivity contribution in [3.05, 3.63) is 133 Å². The van der Waals surface area contributed by atoms with Crippen LogP contribution in [0.5, 0.6) is 0 Å². The van der Waals surface area contributed by atoms with Crippen molar-refractivity contribution in [2.24, 2.45) is 0 Å². The Bertz CT molecular complexity index is 2120. The first kappa shape index (κ1) is 22.1. The molecular formula is C35H22N2OS. The van der Waals surface area contributed by atoms with Crippen molar-refractivity contribution in [2.45, 2.75) is 0 Å². The maximum atomic E-state index is 6.37. The number of nitrogens with zero attached hydrogens (tertiary/aromatic N) is 2. The van der Waals surface area contributed by atoms with Gasteiger partial charge in [0.05, 0.1) is 11.4 Å². The first-order valence-electron chi connectivity index (χ1n) is 13.0. The molecule has 2 aromatic heterocycles. The minimum absolute atomic E-state index is 0.547. The molecule has 0 aliphatic carbocycles. The van der Waals surface area contributed by atoms with Crippen molar-refractivity contribution in [1.29, 1.82) is 0 Å². The van der Waals surface area contributed by atoms with Gasteiger partial charge in [-0.3, -0.25) is 4.90 Å². The van der Waals surface area contributed by atoms with Gasteiger partial charge in [0.1, 0.15) is 5.52 Å². The van der Waals surface area contributed by atoms with Crippen LogP contribution >= 0.6 is 11.3 Å². The number of thiophene rings is 1. The van der Waals surface area contributed by atoms with Crippen molar-refractivity contribution in [2.75, 3.05) is 4.90 Å². The van der Waals surface area contributed by atoms with Crippen molar-refractivity contribution in [1.82, 2.24) is 4.98 Å². The lowest BCUT2D eigenvalue weighted by Crippen LogP contribution is -2.10. The van der Waals surface area contributed by atoms with Gasteiger partial charge in [0, 0.05) is 25.6 Å². The maximum Gasteiger partial charge on any atom is 0.307 e. The fraction of sp³-hybridized carbons (Fsp3) is 0. The molecular weight excluding hydrogens is 496 g/mol. The van der Waals surface area contributed by atoms with Crippen molar-refractivity contribution >= 4 is 70.8 Å². The van der Waals surface area contributed by atoms with Gasteiger partial charge < -0.3 is 4.42 Å². The molecule has 0 saturated carbocycles. The highest BCUT2D eigenvalue weighted by Crippen LogP contribution is 2.42. The number of anilines is 3.